The van der Waals surface area contributed by atoms with Gasteiger partial charge in [-0.25, -0.2) is 4.79 Å². The molecule has 1 saturated heterocycles. The van der Waals surface area contributed by atoms with Crippen molar-refractivity contribution in [3.63, 3.8) is 0 Å². The lowest BCUT2D eigenvalue weighted by atomic mass is 9.91. The molecule has 1 aliphatic rings. The average Bonchev–Trinajstić information content (AvgIpc) is 2.74. The molecule has 0 aromatic heterocycles. The molecule has 0 spiro atoms. The summed E-state index contributed by atoms with van der Waals surface area (Å²) >= 11 is 0.871. The van der Waals surface area contributed by atoms with Crippen LogP contribution in [0.1, 0.15) is 24.8 Å². The standard InChI is InChI=1S/C13H15NO3S/c1-9(15)18-13(12(16)17)11(7-8-14-13)10-5-3-2-4-6-10/h2-6,11,14H,7-8H2,1H3,(H,16,17)/t11?,13-/m1/s1. The molecule has 1 aromatic carbocycles. The fourth-order valence-electron chi connectivity index (χ4n) is 2.42. The van der Waals surface area contributed by atoms with Crippen LogP contribution in [0.4, 0.5) is 0 Å². The Hall–Kier alpha value is -1.33. The monoisotopic (exact) mass is 265 g/mol. The molecule has 2 N–H and O–H groups in total. The molecule has 1 unspecified atom stereocenters. The van der Waals surface area contributed by atoms with Gasteiger partial charge in [-0.15, -0.1) is 0 Å². The number of carboxylic acid groups (broad SMARTS) is 1. The Bertz CT molecular complexity index is 463. The minimum absolute atomic E-state index is 0.187. The van der Waals surface area contributed by atoms with Gasteiger partial charge >= 0.3 is 5.97 Å². The Morgan fingerprint density at radius 2 is 2.06 bits per heavy atom. The SMILES string of the molecule is CC(=O)S[C@]1(C(=O)O)NCCC1c1ccccc1. The van der Waals surface area contributed by atoms with E-state index in [0.29, 0.717) is 6.54 Å². The van der Waals surface area contributed by atoms with Crippen LogP contribution in [0.2, 0.25) is 0 Å². The average molecular weight is 265 g/mol. The van der Waals surface area contributed by atoms with Crippen molar-refractivity contribution in [2.45, 2.75) is 24.1 Å². The van der Waals surface area contributed by atoms with Gasteiger partial charge < -0.3 is 5.11 Å². The molecule has 5 heteroatoms. The van der Waals surface area contributed by atoms with Crippen molar-refractivity contribution < 1.29 is 14.7 Å². The van der Waals surface area contributed by atoms with Crippen molar-refractivity contribution in [3.05, 3.63) is 35.9 Å². The number of thioether (sulfide) groups is 1. The maximum absolute atomic E-state index is 11.6. The smallest absolute Gasteiger partial charge is 0.335 e. The molecule has 4 nitrogen and oxygen atoms in total. The molecule has 1 aliphatic heterocycles. The second-order valence-corrected chi connectivity index (χ2v) is 5.74. The lowest BCUT2D eigenvalue weighted by molar-refractivity contribution is -0.141. The van der Waals surface area contributed by atoms with Crippen LogP contribution in [0.15, 0.2) is 30.3 Å². The maximum atomic E-state index is 11.6. The number of hydrogen-bond donors (Lipinski definition) is 2. The third kappa shape index (κ3) is 2.28. The van der Waals surface area contributed by atoms with Crippen molar-refractivity contribution in [1.82, 2.24) is 5.32 Å². The van der Waals surface area contributed by atoms with Crippen LogP contribution in [0.5, 0.6) is 0 Å². The summed E-state index contributed by atoms with van der Waals surface area (Å²) in [5, 5.41) is 12.3. The van der Waals surface area contributed by atoms with Gasteiger partial charge in [0.25, 0.3) is 0 Å². The lowest BCUT2D eigenvalue weighted by Gasteiger charge is -2.29. The molecule has 0 aliphatic carbocycles. The summed E-state index contributed by atoms with van der Waals surface area (Å²) < 4.78 is 0. The van der Waals surface area contributed by atoms with Gasteiger partial charge in [0, 0.05) is 12.8 Å². The van der Waals surface area contributed by atoms with E-state index in [1.165, 1.54) is 6.92 Å². The molecule has 1 heterocycles. The normalized spacial score (nSPS) is 27.1. The molecule has 1 fully saturated rings. The third-order valence-electron chi connectivity index (χ3n) is 3.14. The predicted molar refractivity (Wildman–Crippen MR) is 70.4 cm³/mol. The summed E-state index contributed by atoms with van der Waals surface area (Å²) in [6.45, 7) is 2.00. The van der Waals surface area contributed by atoms with Crippen molar-refractivity contribution in [2.75, 3.05) is 6.54 Å². The van der Waals surface area contributed by atoms with Crippen LogP contribution in [0.25, 0.3) is 0 Å². The highest BCUT2D eigenvalue weighted by atomic mass is 32.2. The molecule has 2 atom stereocenters. The quantitative estimate of drug-likeness (QED) is 0.872. The van der Waals surface area contributed by atoms with E-state index in [2.05, 4.69) is 5.32 Å². The maximum Gasteiger partial charge on any atom is 0.335 e. The van der Waals surface area contributed by atoms with E-state index in [-0.39, 0.29) is 11.0 Å². The van der Waals surface area contributed by atoms with E-state index in [1.807, 2.05) is 30.3 Å². The van der Waals surface area contributed by atoms with Gasteiger partial charge in [-0.1, -0.05) is 42.1 Å². The number of carboxylic acids is 1. The number of rotatable bonds is 3. The van der Waals surface area contributed by atoms with E-state index >= 15 is 0 Å². The summed E-state index contributed by atoms with van der Waals surface area (Å²) in [7, 11) is 0. The number of carbonyl (C=O) groups is 2. The Morgan fingerprint density at radius 3 is 2.61 bits per heavy atom. The van der Waals surface area contributed by atoms with Gasteiger partial charge in [0.05, 0.1) is 0 Å². The molecule has 2 rings (SSSR count). The second kappa shape index (κ2) is 5.12. The zero-order chi connectivity index (χ0) is 13.2. The first-order valence-corrected chi connectivity index (χ1v) is 6.61. The molecule has 0 radical (unpaired) electrons. The van der Waals surface area contributed by atoms with E-state index in [0.717, 1.165) is 23.7 Å². The molecule has 18 heavy (non-hydrogen) atoms. The Kier molecular flexibility index (Phi) is 3.73. The third-order valence-corrected chi connectivity index (χ3v) is 4.35. The zero-order valence-corrected chi connectivity index (χ0v) is 10.9. The molecular formula is C13H15NO3S. The van der Waals surface area contributed by atoms with Gasteiger partial charge in [0.15, 0.2) is 9.99 Å². The van der Waals surface area contributed by atoms with Crippen molar-refractivity contribution >= 4 is 22.8 Å². The highest BCUT2D eigenvalue weighted by Gasteiger charge is 2.51. The van der Waals surface area contributed by atoms with Crippen molar-refractivity contribution in [1.29, 1.82) is 0 Å². The zero-order valence-electron chi connectivity index (χ0n) is 10.1. The van der Waals surface area contributed by atoms with E-state index in [1.54, 1.807) is 0 Å². The number of carbonyl (C=O) groups excluding carboxylic acids is 1. The predicted octanol–water partition coefficient (Wildman–Crippen LogP) is 1.82. The number of hydrogen-bond acceptors (Lipinski definition) is 4. The summed E-state index contributed by atoms with van der Waals surface area (Å²) in [6, 6.07) is 9.50. The van der Waals surface area contributed by atoms with Crippen LogP contribution < -0.4 is 5.32 Å². The highest BCUT2D eigenvalue weighted by Crippen LogP contribution is 2.43. The first-order chi connectivity index (χ1) is 8.56. The number of benzene rings is 1. The van der Waals surface area contributed by atoms with Crippen LogP contribution >= 0.6 is 11.8 Å². The highest BCUT2D eigenvalue weighted by molar-refractivity contribution is 8.15. The van der Waals surface area contributed by atoms with Gasteiger partial charge in [-0.3, -0.25) is 10.1 Å². The molecule has 0 amide bonds. The first kappa shape index (κ1) is 13.1. The van der Waals surface area contributed by atoms with Gasteiger partial charge in [-0.2, -0.15) is 0 Å². The first-order valence-electron chi connectivity index (χ1n) is 5.79. The molecular weight excluding hydrogens is 250 g/mol. The number of aliphatic carboxylic acids is 1. The van der Waals surface area contributed by atoms with Crippen LogP contribution in [-0.4, -0.2) is 27.6 Å². The van der Waals surface area contributed by atoms with E-state index in [4.69, 9.17) is 0 Å². The summed E-state index contributed by atoms with van der Waals surface area (Å²) in [5.41, 5.74) is 0.957. The molecule has 0 saturated carbocycles. The second-order valence-electron chi connectivity index (χ2n) is 4.31. The lowest BCUT2D eigenvalue weighted by Crippen LogP contribution is -2.48. The largest absolute Gasteiger partial charge is 0.479 e. The van der Waals surface area contributed by atoms with Gasteiger partial charge in [0.2, 0.25) is 0 Å². The van der Waals surface area contributed by atoms with Crippen LogP contribution in [0, 0.1) is 0 Å². The van der Waals surface area contributed by atoms with Crippen molar-refractivity contribution in [3.8, 4) is 0 Å². The number of nitrogens with one attached hydrogen (secondary N) is 1. The van der Waals surface area contributed by atoms with E-state index < -0.39 is 10.8 Å². The Morgan fingerprint density at radius 1 is 1.39 bits per heavy atom. The minimum atomic E-state index is -1.23. The topological polar surface area (TPSA) is 66.4 Å². The molecule has 0 bridgehead atoms. The van der Waals surface area contributed by atoms with Crippen LogP contribution in [0.3, 0.4) is 0 Å². The van der Waals surface area contributed by atoms with Gasteiger partial charge in [-0.05, 0) is 18.5 Å². The summed E-state index contributed by atoms with van der Waals surface area (Å²) in [6.07, 6.45) is 0.719. The fourth-order valence-corrected chi connectivity index (χ4v) is 3.53. The van der Waals surface area contributed by atoms with E-state index in [9.17, 15) is 14.7 Å². The van der Waals surface area contributed by atoms with Crippen LogP contribution in [-0.2, 0) is 9.59 Å². The Labute approximate surface area is 110 Å². The summed E-state index contributed by atoms with van der Waals surface area (Å²) in [5.74, 6) is -1.17. The fraction of sp³-hybridized carbons (Fsp3) is 0.385. The summed E-state index contributed by atoms with van der Waals surface area (Å²) in [4.78, 5) is 21.7. The minimum Gasteiger partial charge on any atom is -0.479 e. The molecule has 1 aromatic rings. The van der Waals surface area contributed by atoms with Crippen molar-refractivity contribution in [2.24, 2.45) is 0 Å². The molecule has 96 valence electrons. The Balaban J connectivity index is 2.39. The van der Waals surface area contributed by atoms with Gasteiger partial charge in [0.1, 0.15) is 0 Å².